The van der Waals surface area contributed by atoms with Crippen molar-refractivity contribution in [2.75, 3.05) is 0 Å². The largest absolute Gasteiger partial charge is 0.478 e. The maximum Gasteiger partial charge on any atom is 0.335 e. The first-order chi connectivity index (χ1) is 10.1. The van der Waals surface area contributed by atoms with Crippen LogP contribution in [0.5, 0.6) is 11.5 Å². The Balaban J connectivity index is 2.44. The number of rotatable bonds is 5. The predicted molar refractivity (Wildman–Crippen MR) is 75.5 cm³/mol. The van der Waals surface area contributed by atoms with Crippen molar-refractivity contribution < 1.29 is 14.6 Å². The molecule has 0 amide bonds. The van der Waals surface area contributed by atoms with E-state index in [1.165, 1.54) is 18.2 Å². The fourth-order valence-electron chi connectivity index (χ4n) is 1.97. The van der Waals surface area contributed by atoms with Crippen LogP contribution in [-0.4, -0.2) is 21.3 Å². The predicted octanol–water partition coefficient (Wildman–Crippen LogP) is 2.90. The van der Waals surface area contributed by atoms with Gasteiger partial charge in [-0.05, 0) is 31.0 Å². The third-order valence-corrected chi connectivity index (χ3v) is 3.05. The topological polar surface area (TPSA) is 99.0 Å². The average Bonchev–Trinajstić information content (AvgIpc) is 2.88. The number of hydrogen-bond donors (Lipinski definition) is 2. The molecule has 0 saturated heterocycles. The minimum Gasteiger partial charge on any atom is -0.478 e. The Labute approximate surface area is 122 Å². The number of ether oxygens (including phenoxy) is 1. The van der Waals surface area contributed by atoms with Crippen LogP contribution in [0.4, 0.5) is 0 Å². The van der Waals surface area contributed by atoms with Crippen molar-refractivity contribution in [2.45, 2.75) is 26.7 Å². The summed E-state index contributed by atoms with van der Waals surface area (Å²) in [6, 6.07) is 6.15. The molecule has 6 heteroatoms. The van der Waals surface area contributed by atoms with Gasteiger partial charge in [0, 0.05) is 0 Å². The molecule has 0 aliphatic carbocycles. The van der Waals surface area contributed by atoms with E-state index < -0.39 is 5.97 Å². The second-order valence-corrected chi connectivity index (χ2v) is 4.45. The Bertz CT molecular complexity index is 692. The van der Waals surface area contributed by atoms with Crippen molar-refractivity contribution >= 4 is 5.97 Å². The normalized spacial score (nSPS) is 10.1. The van der Waals surface area contributed by atoms with Crippen LogP contribution in [0.15, 0.2) is 18.2 Å². The molecule has 0 bridgehead atoms. The van der Waals surface area contributed by atoms with Crippen LogP contribution in [0.25, 0.3) is 0 Å². The number of nitriles is 1. The van der Waals surface area contributed by atoms with E-state index in [1.807, 2.05) is 19.9 Å². The Hall–Kier alpha value is -2.81. The van der Waals surface area contributed by atoms with Gasteiger partial charge < -0.3 is 9.84 Å². The highest BCUT2D eigenvalue weighted by atomic mass is 16.5. The van der Waals surface area contributed by atoms with E-state index in [4.69, 9.17) is 15.1 Å². The maximum absolute atomic E-state index is 11.1. The van der Waals surface area contributed by atoms with Crippen LogP contribution in [0.3, 0.4) is 0 Å². The zero-order chi connectivity index (χ0) is 15.4. The van der Waals surface area contributed by atoms with Crippen molar-refractivity contribution in [1.29, 1.82) is 5.26 Å². The second-order valence-electron chi connectivity index (χ2n) is 4.45. The van der Waals surface area contributed by atoms with Gasteiger partial charge in [0.2, 0.25) is 0 Å². The number of carbonyl (C=O) groups is 1. The summed E-state index contributed by atoms with van der Waals surface area (Å²) < 4.78 is 5.79. The lowest BCUT2D eigenvalue weighted by Crippen LogP contribution is -1.99. The molecule has 1 aromatic heterocycles. The summed E-state index contributed by atoms with van der Waals surface area (Å²) in [5.74, 6) is -0.181. The third-order valence-electron chi connectivity index (χ3n) is 3.05. The van der Waals surface area contributed by atoms with E-state index in [0.29, 0.717) is 24.3 Å². The molecule has 1 aromatic carbocycles. The minimum absolute atomic E-state index is 0.0173. The minimum atomic E-state index is -1.10. The van der Waals surface area contributed by atoms with Crippen molar-refractivity contribution in [3.63, 3.8) is 0 Å². The molecule has 21 heavy (non-hydrogen) atoms. The van der Waals surface area contributed by atoms with Crippen LogP contribution in [0.2, 0.25) is 0 Å². The van der Waals surface area contributed by atoms with E-state index in [1.54, 1.807) is 0 Å². The Kier molecular flexibility index (Phi) is 4.24. The SMILES string of the molecule is CCc1n[nH]c(CC)c1Oc1cc(C#N)cc(C(=O)O)c1. The fourth-order valence-corrected chi connectivity index (χ4v) is 1.97. The van der Waals surface area contributed by atoms with Crippen molar-refractivity contribution in [2.24, 2.45) is 0 Å². The number of aromatic nitrogens is 2. The van der Waals surface area contributed by atoms with Gasteiger partial charge >= 0.3 is 5.97 Å². The maximum atomic E-state index is 11.1. The van der Waals surface area contributed by atoms with Crippen LogP contribution in [-0.2, 0) is 12.8 Å². The first-order valence-corrected chi connectivity index (χ1v) is 6.61. The molecule has 0 atom stereocenters. The van der Waals surface area contributed by atoms with Crippen LogP contribution >= 0.6 is 0 Å². The lowest BCUT2D eigenvalue weighted by Gasteiger charge is -2.08. The second kappa shape index (κ2) is 6.09. The zero-order valence-electron chi connectivity index (χ0n) is 11.8. The number of benzene rings is 1. The molecule has 0 unspecified atom stereocenters. The summed E-state index contributed by atoms with van der Waals surface area (Å²) in [6.45, 7) is 3.92. The van der Waals surface area contributed by atoms with Crippen LogP contribution in [0, 0.1) is 11.3 Å². The van der Waals surface area contributed by atoms with Gasteiger partial charge in [-0.1, -0.05) is 13.8 Å². The summed E-state index contributed by atoms with van der Waals surface area (Å²) in [6.07, 6.45) is 1.40. The average molecular weight is 285 g/mol. The molecular weight excluding hydrogens is 270 g/mol. The number of aromatic amines is 1. The number of hydrogen-bond acceptors (Lipinski definition) is 4. The van der Waals surface area contributed by atoms with Gasteiger partial charge in [-0.3, -0.25) is 5.10 Å². The Morgan fingerprint density at radius 2 is 2.14 bits per heavy atom. The lowest BCUT2D eigenvalue weighted by atomic mass is 10.1. The van der Waals surface area contributed by atoms with E-state index in [-0.39, 0.29) is 11.1 Å². The van der Waals surface area contributed by atoms with Gasteiger partial charge in [0.15, 0.2) is 5.75 Å². The number of H-pyrrole nitrogens is 1. The van der Waals surface area contributed by atoms with Crippen molar-refractivity contribution in [3.05, 3.63) is 40.7 Å². The lowest BCUT2D eigenvalue weighted by molar-refractivity contribution is 0.0696. The highest BCUT2D eigenvalue weighted by molar-refractivity contribution is 5.88. The van der Waals surface area contributed by atoms with Crippen LogP contribution in [0.1, 0.15) is 41.2 Å². The molecule has 108 valence electrons. The molecule has 0 aliphatic rings. The monoisotopic (exact) mass is 285 g/mol. The summed E-state index contributed by atoms with van der Waals surface area (Å²) in [7, 11) is 0. The van der Waals surface area contributed by atoms with Gasteiger partial charge in [0.1, 0.15) is 11.4 Å². The molecule has 6 nitrogen and oxygen atoms in total. The summed E-state index contributed by atoms with van der Waals surface area (Å²) in [5, 5.41) is 25.1. The smallest absolute Gasteiger partial charge is 0.335 e. The van der Waals surface area contributed by atoms with Crippen molar-refractivity contribution in [3.8, 4) is 17.6 Å². The molecule has 2 aromatic rings. The summed E-state index contributed by atoms with van der Waals surface area (Å²) in [4.78, 5) is 11.1. The van der Waals surface area contributed by atoms with Gasteiger partial charge in [-0.25, -0.2) is 4.79 Å². The molecule has 1 heterocycles. The first kappa shape index (κ1) is 14.6. The van der Waals surface area contributed by atoms with E-state index in [9.17, 15) is 4.79 Å². The molecule has 2 N–H and O–H groups in total. The Morgan fingerprint density at radius 1 is 1.38 bits per heavy atom. The van der Waals surface area contributed by atoms with Gasteiger partial charge in [0.25, 0.3) is 0 Å². The standard InChI is InChI=1S/C15H15N3O3/c1-3-12-14(13(4-2)18-17-12)21-11-6-9(8-16)5-10(7-11)15(19)20/h5-7H,3-4H2,1-2H3,(H,17,18)(H,19,20). The molecule has 0 radical (unpaired) electrons. The molecular formula is C15H15N3O3. The molecule has 0 fully saturated rings. The summed E-state index contributed by atoms with van der Waals surface area (Å²) in [5.41, 5.74) is 1.87. The zero-order valence-corrected chi connectivity index (χ0v) is 11.8. The number of aryl methyl sites for hydroxylation is 2. The number of nitrogens with one attached hydrogen (secondary N) is 1. The molecule has 0 aliphatic heterocycles. The number of aromatic carboxylic acids is 1. The number of nitrogens with zero attached hydrogens (tertiary/aromatic N) is 2. The van der Waals surface area contributed by atoms with E-state index >= 15 is 0 Å². The number of carboxylic acid groups (broad SMARTS) is 1. The fraction of sp³-hybridized carbons (Fsp3) is 0.267. The van der Waals surface area contributed by atoms with Gasteiger partial charge in [-0.2, -0.15) is 10.4 Å². The van der Waals surface area contributed by atoms with E-state index in [2.05, 4.69) is 10.2 Å². The summed E-state index contributed by atoms with van der Waals surface area (Å²) >= 11 is 0. The number of carboxylic acids is 1. The molecule has 0 spiro atoms. The first-order valence-electron chi connectivity index (χ1n) is 6.61. The van der Waals surface area contributed by atoms with Crippen LogP contribution < -0.4 is 4.74 Å². The highest BCUT2D eigenvalue weighted by Crippen LogP contribution is 2.29. The van der Waals surface area contributed by atoms with E-state index in [0.717, 1.165) is 11.4 Å². The van der Waals surface area contributed by atoms with Gasteiger partial charge in [-0.15, -0.1) is 0 Å². The molecule has 2 rings (SSSR count). The highest BCUT2D eigenvalue weighted by Gasteiger charge is 2.15. The Morgan fingerprint density at radius 3 is 2.71 bits per heavy atom. The quantitative estimate of drug-likeness (QED) is 0.880. The van der Waals surface area contributed by atoms with Gasteiger partial charge in [0.05, 0.1) is 22.9 Å². The third kappa shape index (κ3) is 3.03. The molecule has 0 saturated carbocycles. The van der Waals surface area contributed by atoms with Crippen molar-refractivity contribution in [1.82, 2.24) is 10.2 Å².